The Morgan fingerprint density at radius 2 is 0.690 bits per heavy atom. The van der Waals surface area contributed by atoms with Crippen LogP contribution in [0.4, 0.5) is 0 Å². The lowest BCUT2D eigenvalue weighted by atomic mass is 9.82. The van der Waals surface area contributed by atoms with Crippen LogP contribution in [0.2, 0.25) is 0 Å². The van der Waals surface area contributed by atoms with Gasteiger partial charge in [-0.25, -0.2) is 15.0 Å². The molecule has 3 aromatic heterocycles. The molecule has 1 aliphatic carbocycles. The lowest BCUT2D eigenvalue weighted by molar-refractivity contribution is 0.660. The summed E-state index contributed by atoms with van der Waals surface area (Å²) in [6.45, 7) is 4.63. The van der Waals surface area contributed by atoms with Crippen molar-refractivity contribution in [2.75, 3.05) is 0 Å². The molecule has 5 nitrogen and oxygen atoms in total. The molecule has 3 heterocycles. The average molecular weight is 908 g/mol. The van der Waals surface area contributed by atoms with Crippen LogP contribution in [-0.4, -0.2) is 24.1 Å². The third kappa shape index (κ3) is 6.58. The lowest BCUT2D eigenvalue weighted by Gasteiger charge is -2.21. The molecule has 0 amide bonds. The van der Waals surface area contributed by atoms with Crippen LogP contribution in [0.25, 0.3) is 123 Å². The Kier molecular flexibility index (Phi) is 9.17. The molecule has 1 aliphatic rings. The number of nitrogens with zero attached hydrogens (tertiary/aromatic N) is 5. The summed E-state index contributed by atoms with van der Waals surface area (Å²) in [7, 11) is 0. The number of rotatable bonds is 7. The number of benzene rings is 10. The molecule has 0 atom stereocenters. The largest absolute Gasteiger partial charge is 0.309 e. The highest BCUT2D eigenvalue weighted by Gasteiger charge is 2.35. The Balaban J connectivity index is 0.937. The smallest absolute Gasteiger partial charge is 0.164 e. The van der Waals surface area contributed by atoms with Gasteiger partial charge in [-0.3, -0.25) is 0 Å². The molecule has 5 heteroatoms. The Labute approximate surface area is 411 Å². The lowest BCUT2D eigenvalue weighted by Crippen LogP contribution is -2.15. The van der Waals surface area contributed by atoms with Crippen LogP contribution in [0.5, 0.6) is 0 Å². The number of aromatic nitrogens is 5. The summed E-state index contributed by atoms with van der Waals surface area (Å²) in [4.78, 5) is 16.1. The van der Waals surface area contributed by atoms with E-state index in [0.717, 1.165) is 50.1 Å². The molecule has 0 saturated heterocycles. The maximum absolute atomic E-state index is 5.38. The summed E-state index contributed by atoms with van der Waals surface area (Å²) in [5.41, 5.74) is 19.1. The molecule has 0 fully saturated rings. The van der Waals surface area contributed by atoms with Gasteiger partial charge in [0.15, 0.2) is 17.5 Å². The van der Waals surface area contributed by atoms with Gasteiger partial charge in [0, 0.05) is 55.0 Å². The summed E-state index contributed by atoms with van der Waals surface area (Å²) in [5, 5.41) is 4.82. The Hall–Kier alpha value is -9.19. The monoisotopic (exact) mass is 907 g/mol. The van der Waals surface area contributed by atoms with Crippen LogP contribution in [-0.2, 0) is 5.41 Å². The molecular formula is C66H45N5. The van der Waals surface area contributed by atoms with Crippen LogP contribution < -0.4 is 0 Å². The van der Waals surface area contributed by atoms with Gasteiger partial charge in [-0.15, -0.1) is 0 Å². The second-order valence-corrected chi connectivity index (χ2v) is 19.2. The fourth-order valence-electron chi connectivity index (χ4n) is 11.3. The highest BCUT2D eigenvalue weighted by Crippen LogP contribution is 2.49. The third-order valence-corrected chi connectivity index (χ3v) is 14.8. The van der Waals surface area contributed by atoms with E-state index in [1.807, 2.05) is 0 Å². The van der Waals surface area contributed by atoms with Crippen LogP contribution in [0.1, 0.15) is 25.0 Å². The second kappa shape index (κ2) is 15.9. The zero-order chi connectivity index (χ0) is 47.2. The van der Waals surface area contributed by atoms with Crippen molar-refractivity contribution in [3.63, 3.8) is 0 Å². The van der Waals surface area contributed by atoms with E-state index in [4.69, 9.17) is 15.0 Å². The summed E-state index contributed by atoms with van der Waals surface area (Å²) < 4.78 is 4.73. The van der Waals surface area contributed by atoms with Gasteiger partial charge in [-0.2, -0.15) is 0 Å². The molecule has 10 aromatic carbocycles. The number of para-hydroxylation sites is 2. The van der Waals surface area contributed by atoms with Crippen LogP contribution >= 0.6 is 0 Å². The van der Waals surface area contributed by atoms with Crippen molar-refractivity contribution in [2.24, 2.45) is 0 Å². The fourth-order valence-corrected chi connectivity index (χ4v) is 11.3. The molecule has 0 bridgehead atoms. The van der Waals surface area contributed by atoms with E-state index >= 15 is 0 Å². The van der Waals surface area contributed by atoms with Gasteiger partial charge < -0.3 is 9.13 Å². The topological polar surface area (TPSA) is 48.5 Å². The first-order chi connectivity index (χ1) is 34.9. The van der Waals surface area contributed by atoms with Gasteiger partial charge in [0.1, 0.15) is 0 Å². The molecule has 0 radical (unpaired) electrons. The SMILES string of the molecule is CC1(C)c2ccccc2-c2ccc(-c3nc(-c4cccc(-n5c6ccccc6c6cc(-c7ccccc7)ccc65)c4)nc(-c4cccc(-n5c6ccccc6c6cc(-c7ccccc7)ccc65)c4)n3)cc21. The highest BCUT2D eigenvalue weighted by molar-refractivity contribution is 6.11. The van der Waals surface area contributed by atoms with Gasteiger partial charge in [0.25, 0.3) is 0 Å². The number of hydrogen-bond acceptors (Lipinski definition) is 3. The van der Waals surface area contributed by atoms with Gasteiger partial charge in [-0.05, 0) is 111 Å². The van der Waals surface area contributed by atoms with Gasteiger partial charge in [0.05, 0.1) is 22.1 Å². The Bertz CT molecular complexity index is 4040. The van der Waals surface area contributed by atoms with Gasteiger partial charge in [-0.1, -0.05) is 184 Å². The predicted molar refractivity (Wildman–Crippen MR) is 293 cm³/mol. The Morgan fingerprint density at radius 3 is 1.23 bits per heavy atom. The first-order valence-corrected chi connectivity index (χ1v) is 24.3. The highest BCUT2D eigenvalue weighted by atomic mass is 15.0. The van der Waals surface area contributed by atoms with Crippen LogP contribution in [0, 0.1) is 0 Å². The first-order valence-electron chi connectivity index (χ1n) is 24.3. The zero-order valence-electron chi connectivity index (χ0n) is 39.3. The minimum atomic E-state index is -0.183. The molecule has 0 aliphatic heterocycles. The molecule has 13 aromatic rings. The average Bonchev–Trinajstić information content (AvgIpc) is 4.03. The Morgan fingerprint density at radius 1 is 0.282 bits per heavy atom. The molecule has 0 spiro atoms. The minimum absolute atomic E-state index is 0.183. The van der Waals surface area contributed by atoms with Crippen molar-refractivity contribution >= 4 is 43.6 Å². The van der Waals surface area contributed by atoms with Crippen molar-refractivity contribution in [2.45, 2.75) is 19.3 Å². The fraction of sp³-hybridized carbons (Fsp3) is 0.0455. The zero-order valence-corrected chi connectivity index (χ0v) is 39.3. The predicted octanol–water partition coefficient (Wildman–Crippen LogP) is 16.7. The summed E-state index contributed by atoms with van der Waals surface area (Å²) >= 11 is 0. The van der Waals surface area contributed by atoms with Crippen molar-refractivity contribution in [1.29, 1.82) is 0 Å². The van der Waals surface area contributed by atoms with E-state index in [9.17, 15) is 0 Å². The summed E-state index contributed by atoms with van der Waals surface area (Å²) in [6.07, 6.45) is 0. The molecule has 14 rings (SSSR count). The second-order valence-electron chi connectivity index (χ2n) is 19.2. The van der Waals surface area contributed by atoms with Crippen LogP contribution in [0.15, 0.2) is 237 Å². The van der Waals surface area contributed by atoms with Crippen molar-refractivity contribution < 1.29 is 0 Å². The van der Waals surface area contributed by atoms with Crippen LogP contribution in [0.3, 0.4) is 0 Å². The van der Waals surface area contributed by atoms with Gasteiger partial charge >= 0.3 is 0 Å². The standard InChI is InChI=1S/C66H45N5/c1-66(2)57-28-12-9-25-51(57)52-34-31-48(41-58(52)66)65-68-63(46-21-15-23-49(37-46)70-59-29-13-10-26-53(59)55-39-44(32-35-61(55)70)42-17-5-3-6-18-42)67-64(69-65)47-22-16-24-50(38-47)71-60-30-14-11-27-54(60)56-40-45(33-36-62(56)71)43-19-7-4-8-20-43/h3-41H,1-2H3. The number of hydrogen-bond donors (Lipinski definition) is 0. The van der Waals surface area contributed by atoms with Crippen molar-refractivity contribution in [3.05, 3.63) is 248 Å². The minimum Gasteiger partial charge on any atom is -0.309 e. The molecular weight excluding hydrogens is 863 g/mol. The molecule has 0 N–H and O–H groups in total. The van der Waals surface area contributed by atoms with Gasteiger partial charge in [0.2, 0.25) is 0 Å². The quantitative estimate of drug-likeness (QED) is 0.160. The summed E-state index contributed by atoms with van der Waals surface area (Å²) in [6, 6.07) is 85.0. The molecule has 71 heavy (non-hydrogen) atoms. The molecule has 0 unspecified atom stereocenters. The van der Waals surface area contributed by atoms with E-state index < -0.39 is 0 Å². The molecule has 0 saturated carbocycles. The third-order valence-electron chi connectivity index (χ3n) is 14.8. The van der Waals surface area contributed by atoms with E-state index in [1.54, 1.807) is 0 Å². The molecule has 334 valence electrons. The maximum Gasteiger partial charge on any atom is 0.164 e. The normalized spacial score (nSPS) is 12.8. The van der Waals surface area contributed by atoms with E-state index in [-0.39, 0.29) is 5.41 Å². The van der Waals surface area contributed by atoms with Crippen molar-refractivity contribution in [1.82, 2.24) is 24.1 Å². The van der Waals surface area contributed by atoms with Crippen molar-refractivity contribution in [3.8, 4) is 78.9 Å². The summed E-state index contributed by atoms with van der Waals surface area (Å²) in [5.74, 6) is 1.85. The van der Waals surface area contributed by atoms with E-state index in [1.165, 1.54) is 66.1 Å². The van der Waals surface area contributed by atoms with E-state index in [2.05, 4.69) is 260 Å². The number of fused-ring (bicyclic) bond motifs is 9. The first kappa shape index (κ1) is 40.8. The maximum atomic E-state index is 5.38. The van der Waals surface area contributed by atoms with E-state index in [0.29, 0.717) is 17.5 Å².